The van der Waals surface area contributed by atoms with Crippen molar-refractivity contribution >= 4 is 45.6 Å². The Labute approximate surface area is 182 Å². The first-order chi connectivity index (χ1) is 14.3. The van der Waals surface area contributed by atoms with Gasteiger partial charge < -0.3 is 34.2 Å². The molecule has 0 saturated carbocycles. The molecule has 1 aliphatic rings. The van der Waals surface area contributed by atoms with E-state index < -0.39 is 35.2 Å². The van der Waals surface area contributed by atoms with Crippen molar-refractivity contribution in [1.29, 1.82) is 0 Å². The maximum absolute atomic E-state index is 6.55. The molecule has 12 heteroatoms. The van der Waals surface area contributed by atoms with E-state index in [0.717, 1.165) is 10.4 Å². The molecular weight excluding hydrogens is 457 g/mol. The summed E-state index contributed by atoms with van der Waals surface area (Å²) in [4.78, 5) is 0. The van der Waals surface area contributed by atoms with E-state index >= 15 is 0 Å². The number of hydrogen-bond donors (Lipinski definition) is 0. The van der Waals surface area contributed by atoms with Crippen molar-refractivity contribution in [3.05, 3.63) is 60.7 Å². The molecule has 164 valence electrons. The Kier molecular flexibility index (Phi) is 7.28. The van der Waals surface area contributed by atoms with Gasteiger partial charge in [-0.2, -0.15) is 0 Å². The summed E-state index contributed by atoms with van der Waals surface area (Å²) in [6.45, 7) is 3.56. The van der Waals surface area contributed by atoms with Crippen molar-refractivity contribution in [2.75, 3.05) is 28.4 Å². The maximum Gasteiger partial charge on any atom is 0.522 e. The molecule has 0 bridgehead atoms. The molecule has 0 atom stereocenters. The molecule has 1 heterocycles. The SMILES string of the molecule is CO[Si]1(C)O[Si](OC)(c2ccccc2)O[Si](C)(OC)O[Si](OC)(c2ccccc2)O1. The van der Waals surface area contributed by atoms with Crippen LogP contribution in [0.1, 0.15) is 0 Å². The van der Waals surface area contributed by atoms with Crippen LogP contribution >= 0.6 is 0 Å². The van der Waals surface area contributed by atoms with Gasteiger partial charge in [-0.05, 0) is 0 Å². The predicted molar refractivity (Wildman–Crippen MR) is 119 cm³/mol. The summed E-state index contributed by atoms with van der Waals surface area (Å²) in [7, 11) is -7.56. The molecule has 0 amide bonds. The van der Waals surface area contributed by atoms with Crippen LogP contribution in [-0.4, -0.2) is 63.7 Å². The first-order valence-corrected chi connectivity index (χ1v) is 17.3. The second kappa shape index (κ2) is 9.23. The minimum absolute atomic E-state index is 0.762. The lowest BCUT2D eigenvalue weighted by Crippen LogP contribution is -2.76. The monoisotopic (exact) mass is 484 g/mol. The molecule has 0 radical (unpaired) electrons. The Morgan fingerprint density at radius 3 is 1.03 bits per heavy atom. The quantitative estimate of drug-likeness (QED) is 0.571. The zero-order valence-corrected chi connectivity index (χ0v) is 22.0. The third-order valence-electron chi connectivity index (χ3n) is 4.81. The van der Waals surface area contributed by atoms with Crippen molar-refractivity contribution in [3.63, 3.8) is 0 Å². The van der Waals surface area contributed by atoms with E-state index in [4.69, 9.17) is 34.2 Å². The van der Waals surface area contributed by atoms with Gasteiger partial charge in [0.25, 0.3) is 0 Å². The number of hydrogen-bond acceptors (Lipinski definition) is 8. The molecule has 2 aromatic carbocycles. The van der Waals surface area contributed by atoms with Gasteiger partial charge in [-0.25, -0.2) is 0 Å². The lowest BCUT2D eigenvalue weighted by atomic mass is 10.4. The fraction of sp³-hybridized carbons (Fsp3) is 0.333. The summed E-state index contributed by atoms with van der Waals surface area (Å²) < 4.78 is 49.6. The van der Waals surface area contributed by atoms with E-state index in [1.807, 2.05) is 60.7 Å². The van der Waals surface area contributed by atoms with Crippen molar-refractivity contribution in [1.82, 2.24) is 0 Å². The Balaban J connectivity index is 2.16. The van der Waals surface area contributed by atoms with Crippen LogP contribution in [0.5, 0.6) is 0 Å². The summed E-state index contributed by atoms with van der Waals surface area (Å²) in [5, 5.41) is 1.52. The minimum Gasteiger partial charge on any atom is -0.378 e. The highest BCUT2D eigenvalue weighted by Gasteiger charge is 2.66. The van der Waals surface area contributed by atoms with E-state index in [2.05, 4.69) is 0 Å². The Morgan fingerprint density at radius 2 is 0.800 bits per heavy atom. The molecule has 0 unspecified atom stereocenters. The highest BCUT2D eigenvalue weighted by molar-refractivity contribution is 6.95. The fourth-order valence-electron chi connectivity index (χ4n) is 3.15. The molecule has 3 rings (SSSR count). The van der Waals surface area contributed by atoms with Crippen LogP contribution in [0.15, 0.2) is 60.7 Å². The van der Waals surface area contributed by atoms with Gasteiger partial charge in [-0.3, -0.25) is 0 Å². The van der Waals surface area contributed by atoms with Crippen LogP contribution < -0.4 is 10.4 Å². The normalized spacial score (nSPS) is 34.9. The lowest BCUT2D eigenvalue weighted by Gasteiger charge is -2.47. The third kappa shape index (κ3) is 4.59. The first kappa shape index (κ1) is 23.6. The standard InChI is InChI=1S/C18H28O8Si4/c1-19-27(5)23-29(21-3,17-13-9-7-10-14-17)25-28(6,20-2)26-30(22-4,24-27)18-15-11-8-12-16-18/h7-16H,1-6H3. The summed E-state index contributed by atoms with van der Waals surface area (Å²) in [6, 6.07) is 19.0. The predicted octanol–water partition coefficient (Wildman–Crippen LogP) is 1.48. The van der Waals surface area contributed by atoms with E-state index in [1.54, 1.807) is 41.5 Å². The van der Waals surface area contributed by atoms with Gasteiger partial charge in [0.1, 0.15) is 0 Å². The molecular formula is C18H28O8Si4. The van der Waals surface area contributed by atoms with Crippen LogP contribution in [0.3, 0.4) is 0 Å². The van der Waals surface area contributed by atoms with Gasteiger partial charge in [0.2, 0.25) is 0 Å². The Bertz CT molecular complexity index is 744. The molecule has 8 nitrogen and oxygen atoms in total. The van der Waals surface area contributed by atoms with E-state index in [0.29, 0.717) is 0 Å². The van der Waals surface area contributed by atoms with Crippen LogP contribution in [-0.2, 0) is 34.2 Å². The second-order valence-electron chi connectivity index (χ2n) is 6.79. The first-order valence-electron chi connectivity index (χ1n) is 9.40. The largest absolute Gasteiger partial charge is 0.522 e. The number of rotatable bonds is 6. The molecule has 2 aromatic rings. The zero-order chi connectivity index (χ0) is 21.9. The number of benzene rings is 2. The molecule has 0 aliphatic carbocycles. The third-order valence-corrected chi connectivity index (χ3v) is 19.7. The zero-order valence-electron chi connectivity index (χ0n) is 18.0. The van der Waals surface area contributed by atoms with Crippen molar-refractivity contribution in [2.24, 2.45) is 0 Å². The van der Waals surface area contributed by atoms with Gasteiger partial charge in [0.05, 0.1) is 0 Å². The minimum atomic E-state index is -3.51. The van der Waals surface area contributed by atoms with Crippen LogP contribution in [0, 0.1) is 0 Å². The highest BCUT2D eigenvalue weighted by Crippen LogP contribution is 2.32. The van der Waals surface area contributed by atoms with Gasteiger partial charge in [0.15, 0.2) is 0 Å². The average molecular weight is 485 g/mol. The molecule has 0 aromatic heterocycles. The molecule has 0 spiro atoms. The van der Waals surface area contributed by atoms with Crippen LogP contribution in [0.25, 0.3) is 0 Å². The summed E-state index contributed by atoms with van der Waals surface area (Å²) in [5.41, 5.74) is 0. The van der Waals surface area contributed by atoms with Gasteiger partial charge >= 0.3 is 35.2 Å². The Hall–Kier alpha value is -1.01. The molecule has 30 heavy (non-hydrogen) atoms. The Morgan fingerprint density at radius 1 is 0.500 bits per heavy atom. The van der Waals surface area contributed by atoms with E-state index in [-0.39, 0.29) is 0 Å². The van der Waals surface area contributed by atoms with Crippen molar-refractivity contribution in [3.8, 4) is 0 Å². The van der Waals surface area contributed by atoms with Crippen molar-refractivity contribution in [2.45, 2.75) is 13.1 Å². The topological polar surface area (TPSA) is 73.8 Å². The molecule has 1 aliphatic heterocycles. The van der Waals surface area contributed by atoms with E-state index in [1.165, 1.54) is 0 Å². The molecule has 1 fully saturated rings. The van der Waals surface area contributed by atoms with E-state index in [9.17, 15) is 0 Å². The fourth-order valence-corrected chi connectivity index (χ4v) is 19.4. The average Bonchev–Trinajstić information content (AvgIpc) is 2.78. The summed E-state index contributed by atoms with van der Waals surface area (Å²) in [6.07, 6.45) is 0. The van der Waals surface area contributed by atoms with Crippen LogP contribution in [0.4, 0.5) is 0 Å². The van der Waals surface area contributed by atoms with Gasteiger partial charge in [-0.15, -0.1) is 0 Å². The second-order valence-corrected chi connectivity index (χ2v) is 18.5. The molecule has 1 saturated heterocycles. The highest BCUT2D eigenvalue weighted by atomic mass is 28.6. The summed E-state index contributed by atoms with van der Waals surface area (Å²) >= 11 is 0. The van der Waals surface area contributed by atoms with Crippen LogP contribution in [0.2, 0.25) is 13.1 Å². The lowest BCUT2D eigenvalue weighted by molar-refractivity contribution is 0.0540. The van der Waals surface area contributed by atoms with Gasteiger partial charge in [-0.1, -0.05) is 60.7 Å². The van der Waals surface area contributed by atoms with Crippen molar-refractivity contribution < 1.29 is 34.2 Å². The summed E-state index contributed by atoms with van der Waals surface area (Å²) in [5.74, 6) is 0. The smallest absolute Gasteiger partial charge is 0.378 e. The maximum atomic E-state index is 6.55. The van der Waals surface area contributed by atoms with Gasteiger partial charge in [0, 0.05) is 51.9 Å². The molecule has 0 N–H and O–H groups in total.